The van der Waals surface area contributed by atoms with Gasteiger partial charge in [-0.3, -0.25) is 0 Å². The molecule has 0 unspecified atom stereocenters. The first-order chi connectivity index (χ1) is 9.61. The Balaban J connectivity index is 1.92. The number of aryl methyl sites for hydroxylation is 2. The highest BCUT2D eigenvalue weighted by atomic mass is 32.1. The Kier molecular flexibility index (Phi) is 3.28. The maximum absolute atomic E-state index is 9.25. The molecule has 0 aliphatic rings. The smallest absolute Gasteiger partial charge is 0.117 e. The van der Waals surface area contributed by atoms with Gasteiger partial charge in [0.1, 0.15) is 10.8 Å². The second-order valence-electron chi connectivity index (χ2n) is 4.88. The summed E-state index contributed by atoms with van der Waals surface area (Å²) in [4.78, 5) is 4.63. The van der Waals surface area contributed by atoms with Gasteiger partial charge in [-0.1, -0.05) is 18.2 Å². The van der Waals surface area contributed by atoms with Gasteiger partial charge in [-0.2, -0.15) is 0 Å². The Bertz CT molecular complexity index is 746. The van der Waals surface area contributed by atoms with Crippen molar-refractivity contribution in [1.29, 1.82) is 0 Å². The summed E-state index contributed by atoms with van der Waals surface area (Å²) in [5, 5.41) is 10.3. The summed E-state index contributed by atoms with van der Waals surface area (Å²) in [6.45, 7) is 4.24. The van der Waals surface area contributed by atoms with Crippen LogP contribution in [0.15, 0.2) is 36.4 Å². The van der Waals surface area contributed by atoms with Gasteiger partial charge in [0, 0.05) is 0 Å². The zero-order chi connectivity index (χ0) is 14.1. The fourth-order valence-corrected chi connectivity index (χ4v) is 2.97. The highest BCUT2D eigenvalue weighted by Gasteiger charge is 2.03. The Morgan fingerprint density at radius 1 is 1.00 bits per heavy atom. The van der Waals surface area contributed by atoms with Crippen molar-refractivity contribution < 1.29 is 5.11 Å². The van der Waals surface area contributed by atoms with Crippen LogP contribution in [0, 0.1) is 13.8 Å². The zero-order valence-electron chi connectivity index (χ0n) is 11.4. The van der Waals surface area contributed by atoms with Crippen molar-refractivity contribution in [3.63, 3.8) is 0 Å². The number of rotatable bonds is 2. The number of hydrogen-bond donors (Lipinski definition) is 1. The number of phenols is 1. The van der Waals surface area contributed by atoms with E-state index in [4.69, 9.17) is 0 Å². The molecular weight excluding hydrogens is 266 g/mol. The van der Waals surface area contributed by atoms with Crippen molar-refractivity contribution in [1.82, 2.24) is 4.98 Å². The normalized spacial score (nSPS) is 11.5. The molecule has 0 amide bonds. The first-order valence-corrected chi connectivity index (χ1v) is 7.28. The van der Waals surface area contributed by atoms with Crippen LogP contribution in [0.25, 0.3) is 22.4 Å². The molecule has 3 aromatic rings. The van der Waals surface area contributed by atoms with E-state index in [0.29, 0.717) is 0 Å². The van der Waals surface area contributed by atoms with Crippen molar-refractivity contribution in [2.75, 3.05) is 0 Å². The van der Waals surface area contributed by atoms with Gasteiger partial charge < -0.3 is 5.11 Å². The van der Waals surface area contributed by atoms with Crippen LogP contribution in [0.5, 0.6) is 5.75 Å². The van der Waals surface area contributed by atoms with Crippen LogP contribution >= 0.6 is 11.3 Å². The minimum atomic E-state index is 0.285. The van der Waals surface area contributed by atoms with Gasteiger partial charge >= 0.3 is 0 Å². The molecule has 0 bridgehead atoms. The first-order valence-electron chi connectivity index (χ1n) is 6.47. The Labute approximate surface area is 122 Å². The van der Waals surface area contributed by atoms with Crippen LogP contribution in [-0.2, 0) is 0 Å². The lowest BCUT2D eigenvalue weighted by Gasteiger charge is -1.96. The Morgan fingerprint density at radius 2 is 1.70 bits per heavy atom. The molecule has 0 atom stereocenters. The van der Waals surface area contributed by atoms with Crippen LogP contribution in [0.1, 0.15) is 21.7 Å². The fraction of sp³-hybridized carbons (Fsp3) is 0.118. The molecule has 20 heavy (non-hydrogen) atoms. The maximum Gasteiger partial charge on any atom is 0.117 e. The van der Waals surface area contributed by atoms with Gasteiger partial charge in [-0.25, -0.2) is 4.98 Å². The lowest BCUT2D eigenvalue weighted by Crippen LogP contribution is -1.79. The van der Waals surface area contributed by atoms with Gasteiger partial charge in [0.15, 0.2) is 0 Å². The second-order valence-corrected chi connectivity index (χ2v) is 5.94. The van der Waals surface area contributed by atoms with Crippen LogP contribution < -0.4 is 0 Å². The van der Waals surface area contributed by atoms with Crippen molar-refractivity contribution in [2.45, 2.75) is 13.8 Å². The summed E-state index contributed by atoms with van der Waals surface area (Å²) in [5.74, 6) is 0.285. The third-order valence-corrected chi connectivity index (χ3v) is 4.32. The molecule has 0 aliphatic carbocycles. The molecule has 3 heteroatoms. The summed E-state index contributed by atoms with van der Waals surface area (Å²) in [7, 11) is 0. The first kappa shape index (κ1) is 12.9. The summed E-state index contributed by atoms with van der Waals surface area (Å²) >= 11 is 1.70. The van der Waals surface area contributed by atoms with E-state index in [1.165, 1.54) is 15.8 Å². The number of hydrogen-bond acceptors (Lipinski definition) is 3. The molecule has 0 saturated heterocycles. The lowest BCUT2D eigenvalue weighted by atomic mass is 10.1. The van der Waals surface area contributed by atoms with E-state index in [2.05, 4.69) is 31.0 Å². The predicted octanol–water partition coefficient (Wildman–Crippen LogP) is 4.79. The number of aromatic nitrogens is 1. The molecule has 0 radical (unpaired) electrons. The number of phenolic OH excluding ortho intramolecular Hbond substituents is 1. The van der Waals surface area contributed by atoms with Gasteiger partial charge in [0.05, 0.1) is 10.2 Å². The van der Waals surface area contributed by atoms with Gasteiger partial charge in [-0.05, 0) is 60.9 Å². The average Bonchev–Trinajstić information content (AvgIpc) is 2.80. The standard InChI is InChI=1S/C17H15NOS/c1-11-9-15-16(10-12(11)2)20-17(18-15)8-5-13-3-6-14(19)7-4-13/h3-10,19H,1-2H3. The molecule has 2 nitrogen and oxygen atoms in total. The molecular formula is C17H15NOS. The molecule has 1 heterocycles. The predicted molar refractivity (Wildman–Crippen MR) is 86.1 cm³/mol. The number of nitrogens with zero attached hydrogens (tertiary/aromatic N) is 1. The summed E-state index contributed by atoms with van der Waals surface area (Å²) < 4.78 is 1.22. The van der Waals surface area contributed by atoms with Crippen LogP contribution in [0.3, 0.4) is 0 Å². The number of benzene rings is 2. The molecule has 0 spiro atoms. The molecule has 0 fully saturated rings. The minimum absolute atomic E-state index is 0.285. The van der Waals surface area contributed by atoms with E-state index in [1.807, 2.05) is 24.3 Å². The van der Waals surface area contributed by atoms with Crippen molar-refractivity contribution in [3.8, 4) is 5.75 Å². The number of fused-ring (bicyclic) bond motifs is 1. The lowest BCUT2D eigenvalue weighted by molar-refractivity contribution is 0.475. The molecule has 100 valence electrons. The molecule has 2 aromatic carbocycles. The van der Waals surface area contributed by atoms with Crippen LogP contribution in [0.2, 0.25) is 0 Å². The van der Waals surface area contributed by atoms with E-state index in [0.717, 1.165) is 16.1 Å². The van der Waals surface area contributed by atoms with Crippen molar-refractivity contribution >= 4 is 33.7 Å². The van der Waals surface area contributed by atoms with Gasteiger partial charge in [0.2, 0.25) is 0 Å². The molecule has 1 N–H and O–H groups in total. The molecule has 3 rings (SSSR count). The third kappa shape index (κ3) is 2.58. The topological polar surface area (TPSA) is 33.1 Å². The van der Waals surface area contributed by atoms with Gasteiger partial charge in [-0.15, -0.1) is 11.3 Å². The van der Waals surface area contributed by atoms with E-state index < -0.39 is 0 Å². The van der Waals surface area contributed by atoms with Crippen molar-refractivity contribution in [3.05, 3.63) is 58.1 Å². The zero-order valence-corrected chi connectivity index (χ0v) is 12.2. The highest BCUT2D eigenvalue weighted by Crippen LogP contribution is 2.26. The van der Waals surface area contributed by atoms with Crippen LogP contribution in [0.4, 0.5) is 0 Å². The van der Waals surface area contributed by atoms with Gasteiger partial charge in [0.25, 0.3) is 0 Å². The molecule has 1 aromatic heterocycles. The summed E-state index contributed by atoms with van der Waals surface area (Å²) in [5.41, 5.74) is 4.69. The highest BCUT2D eigenvalue weighted by molar-refractivity contribution is 7.19. The number of thiazole rings is 1. The third-order valence-electron chi connectivity index (χ3n) is 3.33. The summed E-state index contributed by atoms with van der Waals surface area (Å²) in [6.07, 6.45) is 4.03. The Hall–Kier alpha value is -2.13. The maximum atomic E-state index is 9.25. The largest absolute Gasteiger partial charge is 0.508 e. The molecule has 0 aliphatic heterocycles. The summed E-state index contributed by atoms with van der Waals surface area (Å²) in [6, 6.07) is 11.5. The second kappa shape index (κ2) is 5.10. The number of aromatic hydroxyl groups is 1. The van der Waals surface area contributed by atoms with E-state index in [1.54, 1.807) is 23.5 Å². The van der Waals surface area contributed by atoms with Crippen LogP contribution in [-0.4, -0.2) is 10.1 Å². The SMILES string of the molecule is Cc1cc2nc(C=Cc3ccc(O)cc3)sc2cc1C. The van der Waals surface area contributed by atoms with Crippen molar-refractivity contribution in [2.24, 2.45) is 0 Å². The minimum Gasteiger partial charge on any atom is -0.508 e. The molecule has 0 saturated carbocycles. The monoisotopic (exact) mass is 281 g/mol. The van der Waals surface area contributed by atoms with E-state index >= 15 is 0 Å². The van der Waals surface area contributed by atoms with E-state index in [-0.39, 0.29) is 5.75 Å². The Morgan fingerprint density at radius 3 is 2.45 bits per heavy atom. The fourth-order valence-electron chi connectivity index (χ4n) is 2.02. The van der Waals surface area contributed by atoms with E-state index in [9.17, 15) is 5.11 Å². The quantitative estimate of drug-likeness (QED) is 0.732. The average molecular weight is 281 g/mol.